The average molecular weight is 388 g/mol. The Hall–Kier alpha value is -2.19. The van der Waals surface area contributed by atoms with Gasteiger partial charge in [0.15, 0.2) is 9.84 Å². The molecule has 2 fully saturated rings. The van der Waals surface area contributed by atoms with Crippen LogP contribution in [0.2, 0.25) is 0 Å². The Bertz CT molecular complexity index is 903. The smallest absolute Gasteiger partial charge is 0.227 e. The van der Waals surface area contributed by atoms with Gasteiger partial charge in [-0.05, 0) is 44.5 Å². The second-order valence-corrected chi connectivity index (χ2v) is 9.63. The first kappa shape index (κ1) is 18.2. The van der Waals surface area contributed by atoms with Crippen LogP contribution in [0.4, 0.5) is 5.69 Å². The van der Waals surface area contributed by atoms with Crippen LogP contribution in [0.3, 0.4) is 0 Å². The number of hydrogen-bond donors (Lipinski definition) is 2. The summed E-state index contributed by atoms with van der Waals surface area (Å²) in [6.07, 6.45) is 5.63. The van der Waals surface area contributed by atoms with Gasteiger partial charge in [0.2, 0.25) is 5.91 Å². The molecule has 3 heterocycles. The van der Waals surface area contributed by atoms with E-state index in [1.165, 1.54) is 0 Å². The van der Waals surface area contributed by atoms with Crippen LogP contribution in [-0.4, -0.2) is 59.8 Å². The van der Waals surface area contributed by atoms with Crippen molar-refractivity contribution in [3.05, 3.63) is 36.8 Å². The summed E-state index contributed by atoms with van der Waals surface area (Å²) in [4.78, 5) is 22.0. The van der Waals surface area contributed by atoms with Gasteiger partial charge in [-0.2, -0.15) is 0 Å². The highest BCUT2D eigenvalue weighted by molar-refractivity contribution is 7.91. The lowest BCUT2D eigenvalue weighted by Crippen LogP contribution is -2.44. The molecule has 1 unspecified atom stereocenters. The number of benzene rings is 1. The van der Waals surface area contributed by atoms with Gasteiger partial charge in [0.05, 0.1) is 29.7 Å². The number of rotatable bonds is 4. The van der Waals surface area contributed by atoms with Crippen LogP contribution in [-0.2, 0) is 14.6 Å². The Labute approximate surface area is 159 Å². The van der Waals surface area contributed by atoms with Crippen LogP contribution >= 0.6 is 0 Å². The van der Waals surface area contributed by atoms with Crippen molar-refractivity contribution in [1.82, 2.24) is 14.9 Å². The quantitative estimate of drug-likeness (QED) is 0.834. The van der Waals surface area contributed by atoms with Crippen LogP contribution in [0.25, 0.3) is 11.3 Å². The zero-order valence-electron chi connectivity index (χ0n) is 15.1. The van der Waals surface area contributed by atoms with Crippen molar-refractivity contribution in [3.8, 4) is 11.3 Å². The van der Waals surface area contributed by atoms with E-state index in [1.54, 1.807) is 12.5 Å². The number of amides is 1. The van der Waals surface area contributed by atoms with E-state index in [1.807, 2.05) is 24.3 Å². The fourth-order valence-corrected chi connectivity index (χ4v) is 5.77. The standard InChI is InChI=1S/C19H24N4O3S/c24-19(22-16-3-1-2-15(10-16)18-11-20-13-21-18)14-4-7-23(8-5-14)17-6-9-27(25,26)12-17/h1-3,10-11,13-14,17H,4-9,12H2,(H,20,21)(H,22,24). The van der Waals surface area contributed by atoms with E-state index in [-0.39, 0.29) is 23.6 Å². The summed E-state index contributed by atoms with van der Waals surface area (Å²) in [7, 11) is -2.87. The van der Waals surface area contributed by atoms with E-state index in [2.05, 4.69) is 20.2 Å². The lowest BCUT2D eigenvalue weighted by molar-refractivity contribution is -0.121. The van der Waals surface area contributed by atoms with Crippen molar-refractivity contribution < 1.29 is 13.2 Å². The van der Waals surface area contributed by atoms with Gasteiger partial charge in [0.25, 0.3) is 0 Å². The molecule has 1 amide bonds. The molecule has 27 heavy (non-hydrogen) atoms. The maximum absolute atomic E-state index is 12.7. The number of piperidine rings is 1. The first-order chi connectivity index (χ1) is 13.0. The number of carbonyl (C=O) groups is 1. The molecular weight excluding hydrogens is 364 g/mol. The topological polar surface area (TPSA) is 95.2 Å². The lowest BCUT2D eigenvalue weighted by Gasteiger charge is -2.34. The maximum Gasteiger partial charge on any atom is 0.227 e. The summed E-state index contributed by atoms with van der Waals surface area (Å²) >= 11 is 0. The number of H-pyrrole nitrogens is 1. The number of imidazole rings is 1. The van der Waals surface area contributed by atoms with E-state index in [4.69, 9.17) is 0 Å². The van der Waals surface area contributed by atoms with Crippen molar-refractivity contribution in [3.63, 3.8) is 0 Å². The number of anilines is 1. The molecule has 144 valence electrons. The van der Waals surface area contributed by atoms with Crippen LogP contribution < -0.4 is 5.32 Å². The van der Waals surface area contributed by atoms with Crippen molar-refractivity contribution in [2.45, 2.75) is 25.3 Å². The first-order valence-corrected chi connectivity index (χ1v) is 11.2. The Balaban J connectivity index is 1.33. The minimum Gasteiger partial charge on any atom is -0.345 e. The zero-order valence-corrected chi connectivity index (χ0v) is 15.9. The molecular formula is C19H24N4O3S. The van der Waals surface area contributed by atoms with Crippen molar-refractivity contribution >= 4 is 21.4 Å². The number of aromatic amines is 1. The Morgan fingerprint density at radius 3 is 2.70 bits per heavy atom. The highest BCUT2D eigenvalue weighted by Crippen LogP contribution is 2.26. The number of aromatic nitrogens is 2. The van der Waals surface area contributed by atoms with E-state index in [0.717, 1.165) is 49.3 Å². The summed E-state index contributed by atoms with van der Waals surface area (Å²) in [6.45, 7) is 1.57. The zero-order chi connectivity index (χ0) is 18.9. The molecule has 2 saturated heterocycles. The van der Waals surface area contributed by atoms with Crippen LogP contribution in [0.5, 0.6) is 0 Å². The average Bonchev–Trinajstić information content (AvgIpc) is 3.32. The van der Waals surface area contributed by atoms with Crippen molar-refractivity contribution in [2.24, 2.45) is 5.92 Å². The maximum atomic E-state index is 12.7. The third-order valence-corrected chi connectivity index (χ3v) is 7.31. The number of likely N-dealkylation sites (tertiary alicyclic amines) is 1. The number of carbonyl (C=O) groups excluding carboxylic acids is 1. The molecule has 2 aromatic rings. The fraction of sp³-hybridized carbons (Fsp3) is 0.474. The number of nitrogens with zero attached hydrogens (tertiary/aromatic N) is 2. The largest absolute Gasteiger partial charge is 0.345 e. The second-order valence-electron chi connectivity index (χ2n) is 7.40. The highest BCUT2D eigenvalue weighted by Gasteiger charge is 2.35. The minimum absolute atomic E-state index is 0.0323. The number of hydrogen-bond acceptors (Lipinski definition) is 5. The molecule has 0 aliphatic carbocycles. The lowest BCUT2D eigenvalue weighted by atomic mass is 9.94. The minimum atomic E-state index is -2.87. The predicted molar refractivity (Wildman–Crippen MR) is 104 cm³/mol. The monoisotopic (exact) mass is 388 g/mol. The van der Waals surface area contributed by atoms with E-state index >= 15 is 0 Å². The van der Waals surface area contributed by atoms with Gasteiger partial charge in [-0.3, -0.25) is 9.69 Å². The fourth-order valence-electron chi connectivity index (χ4n) is 4.01. The summed E-state index contributed by atoms with van der Waals surface area (Å²) in [6, 6.07) is 7.83. The molecule has 2 aliphatic rings. The van der Waals surface area contributed by atoms with Gasteiger partial charge in [0.1, 0.15) is 0 Å². The van der Waals surface area contributed by atoms with Gasteiger partial charge in [-0.15, -0.1) is 0 Å². The van der Waals surface area contributed by atoms with Crippen molar-refractivity contribution in [2.75, 3.05) is 29.9 Å². The summed E-state index contributed by atoms with van der Waals surface area (Å²) in [5, 5.41) is 3.02. The number of nitrogens with one attached hydrogen (secondary N) is 2. The summed E-state index contributed by atoms with van der Waals surface area (Å²) in [5.41, 5.74) is 2.66. The van der Waals surface area contributed by atoms with E-state index < -0.39 is 9.84 Å². The third kappa shape index (κ3) is 4.22. The van der Waals surface area contributed by atoms with Gasteiger partial charge in [-0.25, -0.2) is 13.4 Å². The molecule has 0 radical (unpaired) electrons. The Kier molecular flexibility index (Phi) is 5.01. The SMILES string of the molecule is O=C(Nc1cccc(-c2cnc[nH]2)c1)C1CCN(C2CCS(=O)(=O)C2)CC1. The molecule has 0 saturated carbocycles. The molecule has 2 aliphatic heterocycles. The van der Waals surface area contributed by atoms with Crippen LogP contribution in [0, 0.1) is 5.92 Å². The number of sulfone groups is 1. The highest BCUT2D eigenvalue weighted by atomic mass is 32.2. The second kappa shape index (κ2) is 7.44. The molecule has 0 bridgehead atoms. The molecule has 1 aromatic carbocycles. The molecule has 2 N–H and O–H groups in total. The Morgan fingerprint density at radius 2 is 2.04 bits per heavy atom. The van der Waals surface area contributed by atoms with Gasteiger partial charge < -0.3 is 10.3 Å². The van der Waals surface area contributed by atoms with Crippen LogP contribution in [0.1, 0.15) is 19.3 Å². The summed E-state index contributed by atoms with van der Waals surface area (Å²) < 4.78 is 23.4. The van der Waals surface area contributed by atoms with Crippen molar-refractivity contribution in [1.29, 1.82) is 0 Å². The first-order valence-electron chi connectivity index (χ1n) is 9.34. The van der Waals surface area contributed by atoms with E-state index in [9.17, 15) is 13.2 Å². The Morgan fingerprint density at radius 1 is 1.22 bits per heavy atom. The molecule has 0 spiro atoms. The normalized spacial score (nSPS) is 23.3. The third-order valence-electron chi connectivity index (χ3n) is 5.56. The van der Waals surface area contributed by atoms with Gasteiger partial charge >= 0.3 is 0 Å². The predicted octanol–water partition coefficient (Wildman–Crippen LogP) is 1.91. The van der Waals surface area contributed by atoms with Gasteiger partial charge in [0, 0.05) is 23.2 Å². The van der Waals surface area contributed by atoms with Gasteiger partial charge in [-0.1, -0.05) is 12.1 Å². The molecule has 1 atom stereocenters. The molecule has 4 rings (SSSR count). The molecule has 8 heteroatoms. The molecule has 1 aromatic heterocycles. The van der Waals surface area contributed by atoms with Crippen LogP contribution in [0.15, 0.2) is 36.8 Å². The molecule has 7 nitrogen and oxygen atoms in total. The summed E-state index contributed by atoms with van der Waals surface area (Å²) in [5.74, 6) is 0.570. The van der Waals surface area contributed by atoms with E-state index in [0.29, 0.717) is 5.75 Å².